The van der Waals surface area contributed by atoms with Crippen LogP contribution >= 0.6 is 0 Å². The highest BCUT2D eigenvalue weighted by Gasteiger charge is 2.31. The van der Waals surface area contributed by atoms with Gasteiger partial charge in [-0.05, 0) is 56.3 Å². The molecule has 1 amide bonds. The first-order valence-electron chi connectivity index (χ1n) is 8.42. The lowest BCUT2D eigenvalue weighted by atomic mass is 9.72. The summed E-state index contributed by atoms with van der Waals surface area (Å²) in [6.07, 6.45) is 9.81. The Morgan fingerprint density at radius 2 is 1.74 bits per heavy atom. The van der Waals surface area contributed by atoms with Gasteiger partial charge in [0.15, 0.2) is 0 Å². The Labute approximate surface area is 118 Å². The van der Waals surface area contributed by atoms with Crippen LogP contribution in [0.5, 0.6) is 0 Å². The summed E-state index contributed by atoms with van der Waals surface area (Å²) in [4.78, 5) is 12.0. The molecule has 2 nitrogen and oxygen atoms in total. The van der Waals surface area contributed by atoms with E-state index in [0.29, 0.717) is 17.9 Å². The van der Waals surface area contributed by atoms with Crippen LogP contribution in [0.2, 0.25) is 0 Å². The number of rotatable bonds is 5. The van der Waals surface area contributed by atoms with Crippen molar-refractivity contribution < 1.29 is 4.79 Å². The minimum Gasteiger partial charge on any atom is -0.353 e. The van der Waals surface area contributed by atoms with Gasteiger partial charge in [-0.2, -0.15) is 0 Å². The summed E-state index contributed by atoms with van der Waals surface area (Å²) in [5, 5.41) is 3.29. The van der Waals surface area contributed by atoms with E-state index in [1.54, 1.807) is 0 Å². The van der Waals surface area contributed by atoms with Gasteiger partial charge in [-0.15, -0.1) is 0 Å². The maximum Gasteiger partial charge on any atom is 0.223 e. The fourth-order valence-electron chi connectivity index (χ4n) is 4.03. The molecule has 1 N–H and O–H groups in total. The number of carbonyl (C=O) groups excluding carboxylic acids is 1. The molecule has 0 spiro atoms. The zero-order valence-corrected chi connectivity index (χ0v) is 13.0. The smallest absolute Gasteiger partial charge is 0.223 e. The lowest BCUT2D eigenvalue weighted by molar-refractivity contribution is -0.128. The molecular weight excluding hydrogens is 234 g/mol. The monoisotopic (exact) mass is 265 g/mol. The Morgan fingerprint density at radius 3 is 2.16 bits per heavy atom. The fraction of sp³-hybridized carbons (Fsp3) is 0.941. The second-order valence-corrected chi connectivity index (χ2v) is 7.06. The molecule has 19 heavy (non-hydrogen) atoms. The highest BCUT2D eigenvalue weighted by atomic mass is 16.2. The largest absolute Gasteiger partial charge is 0.353 e. The number of carbonyl (C=O) groups is 1. The predicted octanol–water partition coefficient (Wildman–Crippen LogP) is 4.14. The van der Waals surface area contributed by atoms with E-state index < -0.39 is 0 Å². The molecule has 0 aromatic carbocycles. The normalized spacial score (nSPS) is 29.9. The second kappa shape index (κ2) is 6.76. The van der Waals surface area contributed by atoms with Crippen LogP contribution in [-0.4, -0.2) is 11.9 Å². The fourth-order valence-corrected chi connectivity index (χ4v) is 4.03. The van der Waals surface area contributed by atoms with E-state index in [-0.39, 0.29) is 0 Å². The van der Waals surface area contributed by atoms with Gasteiger partial charge in [0.2, 0.25) is 5.91 Å². The van der Waals surface area contributed by atoms with Gasteiger partial charge in [0.05, 0.1) is 0 Å². The van der Waals surface area contributed by atoms with E-state index in [1.165, 1.54) is 38.5 Å². The van der Waals surface area contributed by atoms with Gasteiger partial charge in [-0.25, -0.2) is 0 Å². The molecule has 0 saturated heterocycles. The molecule has 0 radical (unpaired) electrons. The zero-order chi connectivity index (χ0) is 13.8. The van der Waals surface area contributed by atoms with Crippen molar-refractivity contribution in [2.75, 3.05) is 0 Å². The van der Waals surface area contributed by atoms with Gasteiger partial charge in [-0.3, -0.25) is 4.79 Å². The van der Waals surface area contributed by atoms with Gasteiger partial charge in [0, 0.05) is 12.0 Å². The Bertz CT molecular complexity index is 288. The minimum atomic E-state index is 0.339. The molecule has 2 rings (SSSR count). The molecule has 1 atom stereocenters. The topological polar surface area (TPSA) is 29.1 Å². The summed E-state index contributed by atoms with van der Waals surface area (Å²) < 4.78 is 0. The Balaban J connectivity index is 1.73. The van der Waals surface area contributed by atoms with Crippen LogP contribution in [0.25, 0.3) is 0 Å². The van der Waals surface area contributed by atoms with Gasteiger partial charge in [-0.1, -0.05) is 33.6 Å². The third kappa shape index (κ3) is 3.73. The average Bonchev–Trinajstić information content (AvgIpc) is 2.29. The number of nitrogens with one attached hydrogen (secondary N) is 1. The van der Waals surface area contributed by atoms with Crippen molar-refractivity contribution in [3.63, 3.8) is 0 Å². The van der Waals surface area contributed by atoms with Crippen LogP contribution in [0.15, 0.2) is 0 Å². The van der Waals surface area contributed by atoms with E-state index >= 15 is 0 Å². The molecule has 0 heterocycles. The van der Waals surface area contributed by atoms with Crippen molar-refractivity contribution in [3.05, 3.63) is 0 Å². The van der Waals surface area contributed by atoms with E-state index in [0.717, 1.165) is 30.6 Å². The van der Waals surface area contributed by atoms with Crippen LogP contribution in [0, 0.1) is 23.7 Å². The Hall–Kier alpha value is -0.530. The molecule has 2 saturated carbocycles. The third-order valence-electron chi connectivity index (χ3n) is 5.53. The molecule has 0 bridgehead atoms. The van der Waals surface area contributed by atoms with Crippen molar-refractivity contribution in [1.82, 2.24) is 5.32 Å². The number of hydrogen-bond donors (Lipinski definition) is 1. The van der Waals surface area contributed by atoms with Gasteiger partial charge in [0.25, 0.3) is 0 Å². The second-order valence-electron chi connectivity index (χ2n) is 7.06. The standard InChI is InChI=1S/C17H31NO/c1-4-16(12(2)3)13-8-10-15(11-9-13)18-17(19)14-6-5-7-14/h12-16H,4-11H2,1-3H3,(H,18,19)/t13-,15-,16?. The molecule has 2 aliphatic carbocycles. The van der Waals surface area contributed by atoms with Gasteiger partial charge in [0.1, 0.15) is 0 Å². The molecule has 2 fully saturated rings. The SMILES string of the molecule is CCC(C(C)C)[C@H]1CC[C@H](NC(=O)C2CCC2)CC1. The molecule has 0 aromatic rings. The highest BCUT2D eigenvalue weighted by molar-refractivity contribution is 5.79. The van der Waals surface area contributed by atoms with Crippen molar-refractivity contribution >= 4 is 5.91 Å². The maximum atomic E-state index is 12.0. The van der Waals surface area contributed by atoms with Crippen LogP contribution in [-0.2, 0) is 4.79 Å². The Morgan fingerprint density at radius 1 is 1.11 bits per heavy atom. The summed E-state index contributed by atoms with van der Waals surface area (Å²) in [5.74, 6) is 3.25. The average molecular weight is 265 g/mol. The lowest BCUT2D eigenvalue weighted by Crippen LogP contribution is -2.43. The van der Waals surface area contributed by atoms with Gasteiger partial charge >= 0.3 is 0 Å². The molecule has 0 aromatic heterocycles. The van der Waals surface area contributed by atoms with E-state index in [1.807, 2.05) is 0 Å². The number of amides is 1. The predicted molar refractivity (Wildman–Crippen MR) is 79.8 cm³/mol. The number of hydrogen-bond acceptors (Lipinski definition) is 1. The van der Waals surface area contributed by atoms with Crippen LogP contribution < -0.4 is 5.32 Å². The van der Waals surface area contributed by atoms with Crippen LogP contribution in [0.4, 0.5) is 0 Å². The summed E-state index contributed by atoms with van der Waals surface area (Å²) >= 11 is 0. The first-order valence-corrected chi connectivity index (χ1v) is 8.42. The minimum absolute atomic E-state index is 0.339. The summed E-state index contributed by atoms with van der Waals surface area (Å²) in [6, 6.07) is 0.467. The zero-order valence-electron chi connectivity index (χ0n) is 13.0. The van der Waals surface area contributed by atoms with Crippen molar-refractivity contribution in [1.29, 1.82) is 0 Å². The quantitative estimate of drug-likeness (QED) is 0.795. The van der Waals surface area contributed by atoms with E-state index in [2.05, 4.69) is 26.1 Å². The summed E-state index contributed by atoms with van der Waals surface area (Å²) in [5.41, 5.74) is 0. The molecule has 110 valence electrons. The molecule has 2 heteroatoms. The lowest BCUT2D eigenvalue weighted by Gasteiger charge is -2.36. The third-order valence-corrected chi connectivity index (χ3v) is 5.53. The first kappa shape index (κ1) is 14.9. The first-order chi connectivity index (χ1) is 9.11. The molecular formula is C17H31NO. The van der Waals surface area contributed by atoms with Crippen LogP contribution in [0.1, 0.15) is 72.1 Å². The van der Waals surface area contributed by atoms with Crippen molar-refractivity contribution in [2.45, 2.75) is 78.2 Å². The summed E-state index contributed by atoms with van der Waals surface area (Å²) in [7, 11) is 0. The van der Waals surface area contributed by atoms with Gasteiger partial charge < -0.3 is 5.32 Å². The highest BCUT2D eigenvalue weighted by Crippen LogP contribution is 2.36. The van der Waals surface area contributed by atoms with E-state index in [4.69, 9.17) is 0 Å². The molecule has 2 aliphatic rings. The van der Waals surface area contributed by atoms with Crippen molar-refractivity contribution in [3.8, 4) is 0 Å². The summed E-state index contributed by atoms with van der Waals surface area (Å²) in [6.45, 7) is 7.05. The van der Waals surface area contributed by atoms with Crippen molar-refractivity contribution in [2.24, 2.45) is 23.7 Å². The van der Waals surface area contributed by atoms with E-state index in [9.17, 15) is 4.79 Å². The molecule has 0 aliphatic heterocycles. The Kier molecular flexibility index (Phi) is 5.29. The molecule has 1 unspecified atom stereocenters. The van der Waals surface area contributed by atoms with Crippen LogP contribution in [0.3, 0.4) is 0 Å². The maximum absolute atomic E-state index is 12.0.